The maximum absolute atomic E-state index is 12.6. The number of carbonyl (C=O) groups is 1. The van der Waals surface area contributed by atoms with Crippen LogP contribution in [-0.4, -0.2) is 28.2 Å². The van der Waals surface area contributed by atoms with E-state index < -0.39 is 6.10 Å². The Hall–Kier alpha value is -0.850. The molecule has 0 radical (unpaired) electrons. The van der Waals surface area contributed by atoms with E-state index in [0.717, 1.165) is 32.1 Å². The number of rotatable bonds is 0. The van der Waals surface area contributed by atoms with E-state index in [4.69, 9.17) is 0 Å². The molecule has 3 heteroatoms. The molecule has 0 aromatic rings. The second-order valence-electron chi connectivity index (χ2n) is 7.44. The molecule has 3 rings (SSSR count). The Labute approximate surface area is 127 Å². The lowest BCUT2D eigenvalue weighted by molar-refractivity contribution is -0.130. The fourth-order valence-electron chi connectivity index (χ4n) is 4.92. The van der Waals surface area contributed by atoms with Crippen LogP contribution in [0.15, 0.2) is 0 Å². The highest BCUT2D eigenvalue weighted by Crippen LogP contribution is 2.57. The first-order valence-corrected chi connectivity index (χ1v) is 8.37. The van der Waals surface area contributed by atoms with Crippen molar-refractivity contribution in [1.29, 1.82) is 0 Å². The van der Waals surface area contributed by atoms with Gasteiger partial charge in [-0.2, -0.15) is 0 Å². The number of aliphatic hydroxyl groups is 2. The van der Waals surface area contributed by atoms with Crippen molar-refractivity contribution in [2.24, 2.45) is 23.2 Å². The van der Waals surface area contributed by atoms with Gasteiger partial charge in [-0.05, 0) is 49.4 Å². The quantitative estimate of drug-likeness (QED) is 0.673. The van der Waals surface area contributed by atoms with Crippen LogP contribution in [0.4, 0.5) is 0 Å². The van der Waals surface area contributed by atoms with Crippen LogP contribution in [0.2, 0.25) is 0 Å². The number of hydrogen-bond acceptors (Lipinski definition) is 3. The zero-order valence-electron chi connectivity index (χ0n) is 12.8. The summed E-state index contributed by atoms with van der Waals surface area (Å²) in [5.41, 5.74) is -0.0211. The number of aliphatic hydroxyl groups excluding tert-OH is 2. The molecule has 3 aliphatic rings. The predicted octanol–water partition coefficient (Wildman–Crippen LogP) is 2.30. The maximum atomic E-state index is 12.6. The minimum absolute atomic E-state index is 0.0211. The van der Waals surface area contributed by atoms with Gasteiger partial charge in [-0.25, -0.2) is 0 Å². The van der Waals surface area contributed by atoms with E-state index in [9.17, 15) is 15.0 Å². The molecular formula is C18H26O3. The highest BCUT2D eigenvalue weighted by molar-refractivity contribution is 5.81. The van der Waals surface area contributed by atoms with Gasteiger partial charge in [0.1, 0.15) is 5.78 Å². The van der Waals surface area contributed by atoms with Crippen molar-refractivity contribution in [2.45, 2.75) is 70.5 Å². The molecule has 6 atom stereocenters. The highest BCUT2D eigenvalue weighted by atomic mass is 16.3. The van der Waals surface area contributed by atoms with E-state index in [2.05, 4.69) is 18.8 Å². The Bertz CT molecular complexity index is 475. The molecule has 0 unspecified atom stereocenters. The average molecular weight is 290 g/mol. The first-order valence-electron chi connectivity index (χ1n) is 8.37. The predicted molar refractivity (Wildman–Crippen MR) is 80.3 cm³/mol. The molecule has 0 spiro atoms. The first-order chi connectivity index (χ1) is 10.0. The van der Waals surface area contributed by atoms with Gasteiger partial charge < -0.3 is 10.2 Å². The second kappa shape index (κ2) is 5.74. The Balaban J connectivity index is 1.87. The lowest BCUT2D eigenvalue weighted by atomic mass is 9.58. The minimum Gasteiger partial charge on any atom is -0.393 e. The van der Waals surface area contributed by atoms with Crippen LogP contribution in [0.3, 0.4) is 0 Å². The summed E-state index contributed by atoms with van der Waals surface area (Å²) in [6.07, 6.45) is 5.29. The van der Waals surface area contributed by atoms with Gasteiger partial charge >= 0.3 is 0 Å². The summed E-state index contributed by atoms with van der Waals surface area (Å²) in [6.45, 7) is 2.20. The largest absolute Gasteiger partial charge is 0.393 e. The summed E-state index contributed by atoms with van der Waals surface area (Å²) < 4.78 is 0. The normalized spacial score (nSPS) is 47.0. The van der Waals surface area contributed by atoms with Crippen molar-refractivity contribution in [3.05, 3.63) is 0 Å². The van der Waals surface area contributed by atoms with E-state index in [0.29, 0.717) is 36.9 Å². The highest BCUT2D eigenvalue weighted by Gasteiger charge is 2.54. The Morgan fingerprint density at radius 2 is 1.86 bits per heavy atom. The van der Waals surface area contributed by atoms with Crippen LogP contribution >= 0.6 is 0 Å². The molecule has 0 aliphatic heterocycles. The molecule has 2 fully saturated rings. The lowest BCUT2D eigenvalue weighted by Crippen LogP contribution is -2.45. The van der Waals surface area contributed by atoms with Gasteiger partial charge in [-0.3, -0.25) is 4.79 Å². The van der Waals surface area contributed by atoms with Crippen LogP contribution < -0.4 is 0 Å². The molecule has 0 aromatic carbocycles. The molecule has 2 saturated carbocycles. The maximum Gasteiger partial charge on any atom is 0.136 e. The summed E-state index contributed by atoms with van der Waals surface area (Å²) in [5.74, 6) is 7.42. The average Bonchev–Trinajstić information content (AvgIpc) is 2.76. The zero-order chi connectivity index (χ0) is 15.0. The van der Waals surface area contributed by atoms with Crippen molar-refractivity contribution in [3.63, 3.8) is 0 Å². The molecule has 0 bridgehead atoms. The fourth-order valence-corrected chi connectivity index (χ4v) is 4.92. The van der Waals surface area contributed by atoms with Gasteiger partial charge in [0.15, 0.2) is 0 Å². The van der Waals surface area contributed by atoms with Crippen LogP contribution in [0, 0.1) is 35.0 Å². The number of carbonyl (C=O) groups excluding carboxylic acids is 1. The summed E-state index contributed by atoms with van der Waals surface area (Å²) in [6, 6.07) is 0. The Morgan fingerprint density at radius 3 is 2.67 bits per heavy atom. The van der Waals surface area contributed by atoms with Gasteiger partial charge in [0.05, 0.1) is 12.2 Å². The van der Waals surface area contributed by atoms with Gasteiger partial charge in [0.2, 0.25) is 0 Å². The lowest BCUT2D eigenvalue weighted by Gasteiger charge is -2.46. The topological polar surface area (TPSA) is 57.5 Å². The fraction of sp³-hybridized carbons (Fsp3) is 0.833. The van der Waals surface area contributed by atoms with E-state index in [1.54, 1.807) is 0 Å². The third-order valence-electron chi connectivity index (χ3n) is 6.33. The van der Waals surface area contributed by atoms with Crippen molar-refractivity contribution in [3.8, 4) is 11.8 Å². The van der Waals surface area contributed by atoms with E-state index >= 15 is 0 Å². The first kappa shape index (κ1) is 15.1. The number of Topliss-reactive ketones (excluding diaryl/α,β-unsaturated/α-hetero) is 1. The van der Waals surface area contributed by atoms with Gasteiger partial charge in [0, 0.05) is 25.2 Å². The van der Waals surface area contributed by atoms with E-state index in [1.165, 1.54) is 0 Å². The molecule has 116 valence electrons. The molecule has 0 heterocycles. The molecule has 3 aliphatic carbocycles. The molecule has 3 nitrogen and oxygen atoms in total. The molecule has 2 N–H and O–H groups in total. The summed E-state index contributed by atoms with van der Waals surface area (Å²) in [4.78, 5) is 12.6. The smallest absolute Gasteiger partial charge is 0.136 e. The van der Waals surface area contributed by atoms with Crippen LogP contribution in [0.5, 0.6) is 0 Å². The Kier molecular flexibility index (Phi) is 4.12. The SMILES string of the molecule is C[C@]12CC[C@@H]3C(=O)CC[C@H](O)CC#CC[C@H]3[C@@H]1CC[C@@H]2O. The Morgan fingerprint density at radius 1 is 1.10 bits per heavy atom. The van der Waals surface area contributed by atoms with Gasteiger partial charge in [0.25, 0.3) is 0 Å². The van der Waals surface area contributed by atoms with Crippen molar-refractivity contribution < 1.29 is 15.0 Å². The number of hydrogen-bond donors (Lipinski definition) is 2. The van der Waals surface area contributed by atoms with Crippen molar-refractivity contribution in [1.82, 2.24) is 0 Å². The standard InChI is InChI=1S/C18H26O3/c1-18-11-10-14-13(15(18)7-9-17(18)21)5-3-2-4-12(19)6-8-16(14)20/h12-15,17,19,21H,4-11H2,1H3/t12-,13-,14+,15+,17+,18+/m1/s1. The van der Waals surface area contributed by atoms with Gasteiger partial charge in [-0.15, -0.1) is 11.8 Å². The zero-order valence-corrected chi connectivity index (χ0v) is 12.8. The van der Waals surface area contributed by atoms with Gasteiger partial charge in [-0.1, -0.05) is 6.92 Å². The third-order valence-corrected chi connectivity index (χ3v) is 6.33. The van der Waals surface area contributed by atoms with Crippen LogP contribution in [-0.2, 0) is 4.79 Å². The van der Waals surface area contributed by atoms with E-state index in [1.807, 2.05) is 0 Å². The molecule has 0 amide bonds. The molecule has 0 aromatic heterocycles. The van der Waals surface area contributed by atoms with Crippen molar-refractivity contribution >= 4 is 5.78 Å². The monoisotopic (exact) mass is 290 g/mol. The summed E-state index contributed by atoms with van der Waals surface area (Å²) in [5, 5.41) is 20.1. The number of fused-ring (bicyclic) bond motifs is 3. The minimum atomic E-state index is -0.458. The van der Waals surface area contributed by atoms with Crippen molar-refractivity contribution in [2.75, 3.05) is 0 Å². The number of ketones is 1. The van der Waals surface area contributed by atoms with Crippen LogP contribution in [0.1, 0.15) is 58.3 Å². The summed E-state index contributed by atoms with van der Waals surface area (Å²) in [7, 11) is 0. The van der Waals surface area contributed by atoms with Crippen LogP contribution in [0.25, 0.3) is 0 Å². The third kappa shape index (κ3) is 2.64. The van der Waals surface area contributed by atoms with E-state index in [-0.39, 0.29) is 17.4 Å². The molecular weight excluding hydrogens is 264 g/mol. The summed E-state index contributed by atoms with van der Waals surface area (Å²) >= 11 is 0. The second-order valence-corrected chi connectivity index (χ2v) is 7.44. The molecule has 0 saturated heterocycles. The molecule has 21 heavy (non-hydrogen) atoms.